The van der Waals surface area contributed by atoms with Gasteiger partial charge in [0.05, 0.1) is 11.0 Å². The molecule has 0 aliphatic carbocycles. The van der Waals surface area contributed by atoms with Crippen LogP contribution in [-0.4, -0.2) is 33.1 Å². The van der Waals surface area contributed by atoms with Gasteiger partial charge in [0.2, 0.25) is 5.91 Å². The molecule has 1 aromatic carbocycles. The zero-order valence-corrected chi connectivity index (χ0v) is 12.1. The molecule has 116 valence electrons. The molecule has 0 aliphatic heterocycles. The highest BCUT2D eigenvalue weighted by Gasteiger charge is 2.17. The van der Waals surface area contributed by atoms with E-state index in [0.717, 1.165) is 17.8 Å². The first-order chi connectivity index (χ1) is 10.4. The highest BCUT2D eigenvalue weighted by molar-refractivity contribution is 7.99. The lowest BCUT2D eigenvalue weighted by Crippen LogP contribution is -2.32. The summed E-state index contributed by atoms with van der Waals surface area (Å²) in [5, 5.41) is 35.6. The number of carboxylic acid groups (broad SMARTS) is 1. The lowest BCUT2D eigenvalue weighted by Gasteiger charge is -2.06. The highest BCUT2D eigenvalue weighted by Crippen LogP contribution is 2.23. The van der Waals surface area contributed by atoms with Crippen molar-refractivity contribution in [2.75, 3.05) is 11.1 Å². The number of carboxylic acids is 1. The van der Waals surface area contributed by atoms with Gasteiger partial charge in [-0.1, -0.05) is 4.68 Å². The molecule has 1 heterocycles. The van der Waals surface area contributed by atoms with Crippen molar-refractivity contribution in [3.63, 3.8) is 0 Å². The number of nitrogens with one attached hydrogen (secondary N) is 1. The van der Waals surface area contributed by atoms with Gasteiger partial charge < -0.3 is 25.2 Å². The quantitative estimate of drug-likeness (QED) is 0.387. The number of hydrogen-bond acceptors (Lipinski definition) is 7. The number of amides is 1. The Labute approximate surface area is 128 Å². The van der Waals surface area contributed by atoms with Gasteiger partial charge in [-0.2, -0.15) is 0 Å². The van der Waals surface area contributed by atoms with Crippen LogP contribution in [0.1, 0.15) is 10.4 Å². The van der Waals surface area contributed by atoms with Gasteiger partial charge in [-0.25, -0.2) is 4.79 Å². The van der Waals surface area contributed by atoms with E-state index in [1.807, 2.05) is 0 Å². The van der Waals surface area contributed by atoms with Gasteiger partial charge in [0.25, 0.3) is 5.03 Å². The number of carbonyl (C=O) groups excluding carboxylic acids is 1. The number of benzene rings is 1. The van der Waals surface area contributed by atoms with E-state index in [1.54, 1.807) is 0 Å². The lowest BCUT2D eigenvalue weighted by atomic mass is 10.2. The number of anilines is 1. The number of nitrogens with zero attached hydrogens (tertiary/aromatic N) is 2. The summed E-state index contributed by atoms with van der Waals surface area (Å²) < 4.78 is 5.62. The first kappa shape index (κ1) is 15.6. The third-order valence-corrected chi connectivity index (χ3v) is 3.68. The highest BCUT2D eigenvalue weighted by atomic mass is 32.2. The third kappa shape index (κ3) is 3.47. The van der Waals surface area contributed by atoms with Crippen molar-refractivity contribution in [3.05, 3.63) is 23.8 Å². The van der Waals surface area contributed by atoms with Crippen LogP contribution < -0.4 is 15.1 Å². The van der Waals surface area contributed by atoms with Crippen molar-refractivity contribution in [3.8, 4) is 11.7 Å². The minimum Gasteiger partial charge on any atom is -0.538 e. The minimum absolute atomic E-state index is 0.0897. The molecule has 22 heavy (non-hydrogen) atoms. The number of aromatic hydroxyl groups is 1. The molecular formula is C12H11N3O6S. The minimum atomic E-state index is -1.31. The molecule has 0 saturated carbocycles. The fraction of sp³-hybridized carbons (Fsp3) is 0.167. The van der Waals surface area contributed by atoms with Crippen LogP contribution in [0.25, 0.3) is 0 Å². The van der Waals surface area contributed by atoms with Crippen LogP contribution >= 0.6 is 11.8 Å². The molecule has 0 saturated heterocycles. The van der Waals surface area contributed by atoms with Gasteiger partial charge in [-0.3, -0.25) is 4.79 Å². The zero-order chi connectivity index (χ0) is 16.3. The first-order valence-electron chi connectivity index (χ1n) is 5.90. The number of phenols is 1. The second-order valence-corrected chi connectivity index (χ2v) is 5.13. The maximum absolute atomic E-state index is 11.8. The number of hydrogen-bond donors (Lipinski definition) is 3. The van der Waals surface area contributed by atoms with Crippen LogP contribution in [0.5, 0.6) is 11.7 Å². The molecule has 1 aromatic heterocycles. The second-order valence-electron chi connectivity index (χ2n) is 4.16. The fourth-order valence-corrected chi connectivity index (χ4v) is 2.29. The van der Waals surface area contributed by atoms with Crippen LogP contribution in [0.2, 0.25) is 0 Å². The van der Waals surface area contributed by atoms with Crippen molar-refractivity contribution in [2.45, 2.75) is 5.03 Å². The van der Waals surface area contributed by atoms with Crippen molar-refractivity contribution in [2.24, 2.45) is 7.05 Å². The van der Waals surface area contributed by atoms with Crippen LogP contribution in [0.3, 0.4) is 0 Å². The predicted octanol–water partition coefficient (Wildman–Crippen LogP) is -0.293. The Morgan fingerprint density at radius 1 is 1.50 bits per heavy atom. The second kappa shape index (κ2) is 6.35. The molecule has 10 heteroatoms. The average molecular weight is 325 g/mol. The molecule has 0 unspecified atom stereocenters. The Kier molecular flexibility index (Phi) is 4.51. The SMILES string of the molecule is C[n+]1noc([O-])c1SCC(=O)Nc1ccc(O)c(C(=O)O)c1. The summed E-state index contributed by atoms with van der Waals surface area (Å²) in [5.74, 6) is -2.89. The van der Waals surface area contributed by atoms with Crippen molar-refractivity contribution in [1.82, 2.24) is 5.27 Å². The summed E-state index contributed by atoms with van der Waals surface area (Å²) in [5.41, 5.74) is -0.101. The third-order valence-electron chi connectivity index (χ3n) is 2.57. The first-order valence-corrected chi connectivity index (χ1v) is 6.89. The largest absolute Gasteiger partial charge is 0.538 e. The summed E-state index contributed by atoms with van der Waals surface area (Å²) in [7, 11) is 1.50. The van der Waals surface area contributed by atoms with E-state index in [9.17, 15) is 19.8 Å². The molecule has 3 N–H and O–H groups in total. The molecular weight excluding hydrogens is 314 g/mol. The van der Waals surface area contributed by atoms with E-state index in [1.165, 1.54) is 23.9 Å². The molecule has 2 rings (SSSR count). The number of aromatic nitrogens is 2. The average Bonchev–Trinajstić information content (AvgIpc) is 2.77. The van der Waals surface area contributed by atoms with Crippen LogP contribution in [0.4, 0.5) is 5.69 Å². The van der Waals surface area contributed by atoms with Gasteiger partial charge in [0, 0.05) is 5.69 Å². The molecule has 0 radical (unpaired) electrons. The van der Waals surface area contributed by atoms with Gasteiger partial charge in [0.15, 0.2) is 13.0 Å². The van der Waals surface area contributed by atoms with Crippen molar-refractivity contribution >= 4 is 29.3 Å². The Bertz CT molecular complexity index is 710. The Morgan fingerprint density at radius 2 is 2.23 bits per heavy atom. The summed E-state index contributed by atoms with van der Waals surface area (Å²) >= 11 is 0.938. The zero-order valence-electron chi connectivity index (χ0n) is 11.3. The van der Waals surface area contributed by atoms with Gasteiger partial charge >= 0.3 is 5.97 Å². The molecule has 0 spiro atoms. The molecule has 0 bridgehead atoms. The van der Waals surface area contributed by atoms with Crippen LogP contribution in [0, 0.1) is 0 Å². The van der Waals surface area contributed by atoms with Crippen LogP contribution in [-0.2, 0) is 11.8 Å². The van der Waals surface area contributed by atoms with E-state index < -0.39 is 23.6 Å². The lowest BCUT2D eigenvalue weighted by molar-refractivity contribution is -0.772. The molecule has 9 nitrogen and oxygen atoms in total. The Balaban J connectivity index is 2.01. The number of aromatic carboxylic acids is 1. The summed E-state index contributed by atoms with van der Waals surface area (Å²) in [6.07, 6.45) is 0. The topological polar surface area (TPSA) is 140 Å². The smallest absolute Gasteiger partial charge is 0.339 e. The predicted molar refractivity (Wildman–Crippen MR) is 71.5 cm³/mol. The summed E-state index contributed by atoms with van der Waals surface area (Å²) in [4.78, 5) is 22.7. The Hall–Kier alpha value is -2.75. The molecule has 0 fully saturated rings. The molecule has 1 amide bonds. The summed E-state index contributed by atoms with van der Waals surface area (Å²) in [6.45, 7) is 0. The molecule has 2 aromatic rings. The summed E-state index contributed by atoms with van der Waals surface area (Å²) in [6, 6.07) is 3.67. The normalized spacial score (nSPS) is 10.4. The Morgan fingerprint density at radius 3 is 2.82 bits per heavy atom. The van der Waals surface area contributed by atoms with E-state index in [2.05, 4.69) is 15.1 Å². The van der Waals surface area contributed by atoms with E-state index in [0.29, 0.717) is 0 Å². The van der Waals surface area contributed by atoms with Gasteiger partial charge in [-0.15, -0.1) is 0 Å². The monoisotopic (exact) mass is 325 g/mol. The molecule has 0 atom stereocenters. The number of aryl methyl sites for hydroxylation is 1. The number of carbonyl (C=O) groups is 2. The maximum Gasteiger partial charge on any atom is 0.339 e. The van der Waals surface area contributed by atoms with Crippen LogP contribution in [0.15, 0.2) is 27.7 Å². The standard InChI is InChI=1S/C12H11N3O6S/c1-15-10(12(20)21-14-15)22-5-9(17)13-6-2-3-8(16)7(4-6)11(18)19/h2-4,14H,5H2,1H3,(H2,18,19,20). The van der Waals surface area contributed by atoms with Crippen molar-refractivity contribution in [1.29, 1.82) is 0 Å². The van der Waals surface area contributed by atoms with E-state index >= 15 is 0 Å². The fourth-order valence-electron chi connectivity index (χ4n) is 1.57. The molecule has 0 aliphatic rings. The van der Waals surface area contributed by atoms with Gasteiger partial charge in [0.1, 0.15) is 11.3 Å². The van der Waals surface area contributed by atoms with E-state index in [4.69, 9.17) is 5.11 Å². The van der Waals surface area contributed by atoms with Crippen molar-refractivity contribution < 1.29 is 34.1 Å². The van der Waals surface area contributed by atoms with E-state index in [-0.39, 0.29) is 22.0 Å². The number of rotatable bonds is 5. The number of thioether (sulfide) groups is 1. The maximum atomic E-state index is 11.8. The van der Waals surface area contributed by atoms with Gasteiger partial charge in [-0.05, 0) is 30.0 Å².